The molecule has 7 heteroatoms. The van der Waals surface area contributed by atoms with Crippen LogP contribution >= 0.6 is 0 Å². The van der Waals surface area contributed by atoms with Crippen molar-refractivity contribution in [1.82, 2.24) is 29.9 Å². The summed E-state index contributed by atoms with van der Waals surface area (Å²) in [6.07, 6.45) is 8.77. The summed E-state index contributed by atoms with van der Waals surface area (Å²) in [4.78, 5) is 9.32. The largest absolute Gasteiger partial charge is 0.366 e. The summed E-state index contributed by atoms with van der Waals surface area (Å²) < 4.78 is 2.07. The molecule has 0 saturated carbocycles. The summed E-state index contributed by atoms with van der Waals surface area (Å²) in [6.45, 7) is 2.04. The Morgan fingerprint density at radius 3 is 2.96 bits per heavy atom. The van der Waals surface area contributed by atoms with Crippen LogP contribution in [0.4, 0.5) is 5.82 Å². The van der Waals surface area contributed by atoms with Gasteiger partial charge in [-0.2, -0.15) is 5.10 Å². The quantitative estimate of drug-likeness (QED) is 0.529. The summed E-state index contributed by atoms with van der Waals surface area (Å²) in [5.41, 5.74) is 4.89. The number of aromatic nitrogens is 5. The summed E-state index contributed by atoms with van der Waals surface area (Å²) in [7, 11) is 0. The van der Waals surface area contributed by atoms with E-state index in [4.69, 9.17) is 4.98 Å². The Kier molecular flexibility index (Phi) is 3.64. The van der Waals surface area contributed by atoms with Crippen molar-refractivity contribution >= 4 is 11.5 Å². The zero-order chi connectivity index (χ0) is 17.3. The summed E-state index contributed by atoms with van der Waals surface area (Å²) in [5, 5.41) is 13.8. The zero-order valence-electron chi connectivity index (χ0n) is 14.2. The van der Waals surface area contributed by atoms with E-state index in [0.29, 0.717) is 6.04 Å². The fraction of sp³-hybridized carbons (Fsp3) is 0.211. The zero-order valence-corrected chi connectivity index (χ0v) is 14.2. The fourth-order valence-corrected chi connectivity index (χ4v) is 3.39. The summed E-state index contributed by atoms with van der Waals surface area (Å²) in [5.74, 6) is 0.900. The molecule has 0 radical (unpaired) electrons. The highest BCUT2D eigenvalue weighted by atomic mass is 15.1. The van der Waals surface area contributed by atoms with Crippen LogP contribution in [0.2, 0.25) is 0 Å². The van der Waals surface area contributed by atoms with Crippen LogP contribution in [0, 0.1) is 0 Å². The van der Waals surface area contributed by atoms with E-state index < -0.39 is 0 Å². The molecule has 0 spiro atoms. The molecule has 4 aromatic heterocycles. The Morgan fingerprint density at radius 1 is 1.12 bits per heavy atom. The van der Waals surface area contributed by atoms with Gasteiger partial charge in [0.2, 0.25) is 0 Å². The van der Waals surface area contributed by atoms with Crippen LogP contribution in [0.3, 0.4) is 0 Å². The smallest absolute Gasteiger partial charge is 0.137 e. The highest BCUT2D eigenvalue weighted by Gasteiger charge is 2.15. The second-order valence-electron chi connectivity index (χ2n) is 6.52. The van der Waals surface area contributed by atoms with Gasteiger partial charge < -0.3 is 10.6 Å². The molecule has 1 fully saturated rings. The molecule has 4 aromatic rings. The number of rotatable bonds is 4. The van der Waals surface area contributed by atoms with E-state index in [1.165, 1.54) is 0 Å². The maximum absolute atomic E-state index is 4.80. The number of hydrogen-bond donors (Lipinski definition) is 3. The minimum Gasteiger partial charge on any atom is -0.366 e. The first-order chi connectivity index (χ1) is 12.9. The number of imidazole rings is 1. The van der Waals surface area contributed by atoms with Gasteiger partial charge in [0.15, 0.2) is 0 Å². The number of nitrogens with one attached hydrogen (secondary N) is 3. The van der Waals surface area contributed by atoms with Crippen LogP contribution in [-0.2, 0) is 0 Å². The summed E-state index contributed by atoms with van der Waals surface area (Å²) in [6, 6.07) is 10.6. The van der Waals surface area contributed by atoms with E-state index in [-0.39, 0.29) is 0 Å². The molecule has 7 nitrogen and oxygen atoms in total. The number of fused-ring (bicyclic) bond motifs is 1. The average molecular weight is 345 g/mol. The van der Waals surface area contributed by atoms with E-state index in [0.717, 1.165) is 53.5 Å². The van der Waals surface area contributed by atoms with Crippen molar-refractivity contribution in [2.75, 3.05) is 18.4 Å². The number of anilines is 1. The number of H-pyrrole nitrogens is 1. The number of nitrogens with zero attached hydrogens (tertiary/aromatic N) is 4. The highest BCUT2D eigenvalue weighted by molar-refractivity contribution is 5.67. The van der Waals surface area contributed by atoms with Gasteiger partial charge in [-0.05, 0) is 37.2 Å². The first kappa shape index (κ1) is 15.1. The Hall–Kier alpha value is -3.19. The van der Waals surface area contributed by atoms with Gasteiger partial charge in [0.1, 0.15) is 11.5 Å². The second-order valence-corrected chi connectivity index (χ2v) is 6.52. The monoisotopic (exact) mass is 345 g/mol. The van der Waals surface area contributed by atoms with Crippen molar-refractivity contribution in [3.8, 4) is 22.5 Å². The van der Waals surface area contributed by atoms with Crippen molar-refractivity contribution in [2.24, 2.45) is 0 Å². The predicted molar refractivity (Wildman–Crippen MR) is 101 cm³/mol. The first-order valence-corrected chi connectivity index (χ1v) is 8.78. The molecule has 130 valence electrons. The van der Waals surface area contributed by atoms with E-state index in [9.17, 15) is 0 Å². The molecule has 5 heterocycles. The number of aromatic amines is 1. The van der Waals surface area contributed by atoms with Gasteiger partial charge in [-0.1, -0.05) is 6.07 Å². The van der Waals surface area contributed by atoms with Gasteiger partial charge in [0.05, 0.1) is 23.8 Å². The van der Waals surface area contributed by atoms with Gasteiger partial charge in [-0.15, -0.1) is 0 Å². The lowest BCUT2D eigenvalue weighted by Gasteiger charge is -2.12. The van der Waals surface area contributed by atoms with E-state index in [1.807, 2.05) is 42.9 Å². The van der Waals surface area contributed by atoms with Crippen molar-refractivity contribution in [3.63, 3.8) is 0 Å². The standard InChI is InChI=1S/C19H19N7/c1-2-16(25-18(3-1)24-15-6-7-20-10-15)17-11-21-19-5-4-13(12-26(17)19)14-8-22-23-9-14/h1-5,8-9,11-12,15,20H,6-7,10H2,(H,22,23)(H,24,25)/t15-/m1/s1. The second kappa shape index (κ2) is 6.27. The molecule has 0 bridgehead atoms. The van der Waals surface area contributed by atoms with Gasteiger partial charge in [0, 0.05) is 36.1 Å². The van der Waals surface area contributed by atoms with Gasteiger partial charge in [-0.25, -0.2) is 9.97 Å². The molecule has 1 atom stereocenters. The first-order valence-electron chi connectivity index (χ1n) is 8.78. The third-order valence-electron chi connectivity index (χ3n) is 4.76. The summed E-state index contributed by atoms with van der Waals surface area (Å²) >= 11 is 0. The van der Waals surface area contributed by atoms with E-state index >= 15 is 0 Å². The third kappa shape index (κ3) is 2.72. The molecule has 26 heavy (non-hydrogen) atoms. The minimum atomic E-state index is 0.438. The molecule has 0 amide bonds. The van der Waals surface area contributed by atoms with Gasteiger partial charge in [-0.3, -0.25) is 9.50 Å². The van der Waals surface area contributed by atoms with Crippen molar-refractivity contribution in [1.29, 1.82) is 0 Å². The Balaban J connectivity index is 1.53. The molecule has 0 aliphatic carbocycles. The van der Waals surface area contributed by atoms with Gasteiger partial charge in [0.25, 0.3) is 0 Å². The van der Waals surface area contributed by atoms with E-state index in [1.54, 1.807) is 0 Å². The maximum Gasteiger partial charge on any atom is 0.137 e. The molecule has 0 unspecified atom stereocenters. The molecule has 1 saturated heterocycles. The fourth-order valence-electron chi connectivity index (χ4n) is 3.39. The van der Waals surface area contributed by atoms with Crippen LogP contribution in [0.5, 0.6) is 0 Å². The lowest BCUT2D eigenvalue weighted by molar-refractivity contribution is 0.788. The SMILES string of the molecule is c1cc(N[C@@H]2CCNC2)nc(-c2cnc3ccc(-c4cn[nH]c4)cn23)c1. The number of pyridine rings is 2. The van der Waals surface area contributed by atoms with Gasteiger partial charge >= 0.3 is 0 Å². The molecular weight excluding hydrogens is 326 g/mol. The molecule has 0 aromatic carbocycles. The average Bonchev–Trinajstić information content (AvgIpc) is 3.43. The van der Waals surface area contributed by atoms with Crippen molar-refractivity contribution in [3.05, 3.63) is 55.1 Å². The van der Waals surface area contributed by atoms with E-state index in [2.05, 4.69) is 42.5 Å². The minimum absolute atomic E-state index is 0.438. The predicted octanol–water partition coefficient (Wildman–Crippen LogP) is 2.56. The van der Waals surface area contributed by atoms with Crippen LogP contribution in [0.25, 0.3) is 28.2 Å². The van der Waals surface area contributed by atoms with Crippen LogP contribution in [-0.4, -0.2) is 43.7 Å². The molecule has 3 N–H and O–H groups in total. The topological polar surface area (TPSA) is 82.9 Å². The van der Waals surface area contributed by atoms with Crippen LogP contribution in [0.15, 0.2) is 55.1 Å². The molecule has 1 aliphatic rings. The van der Waals surface area contributed by atoms with Crippen LogP contribution in [0.1, 0.15) is 6.42 Å². The Morgan fingerprint density at radius 2 is 2.12 bits per heavy atom. The Bertz CT molecular complexity index is 1030. The van der Waals surface area contributed by atoms with Crippen molar-refractivity contribution < 1.29 is 0 Å². The Labute approximate surface area is 150 Å². The molecule has 5 rings (SSSR count). The normalized spacial score (nSPS) is 17.0. The van der Waals surface area contributed by atoms with Crippen molar-refractivity contribution in [2.45, 2.75) is 12.5 Å². The molecular formula is C19H19N7. The highest BCUT2D eigenvalue weighted by Crippen LogP contribution is 2.24. The lowest BCUT2D eigenvalue weighted by atomic mass is 10.1. The van der Waals surface area contributed by atoms with Crippen LogP contribution < -0.4 is 10.6 Å². The maximum atomic E-state index is 4.80. The third-order valence-corrected chi connectivity index (χ3v) is 4.76. The lowest BCUT2D eigenvalue weighted by Crippen LogP contribution is -2.22. The number of hydrogen-bond acceptors (Lipinski definition) is 5. The molecule has 1 aliphatic heterocycles.